The Morgan fingerprint density at radius 2 is 1.95 bits per heavy atom. The standard InChI is InChI=1S/C14H9F2NO5/c1-21-8-5-6-12(11(7-8)17(19)20)22-14(18)9-3-2-4-10(15)13(9)16/h2-7H,1H3. The van der Waals surface area contributed by atoms with E-state index in [1.54, 1.807) is 0 Å². The highest BCUT2D eigenvalue weighted by atomic mass is 19.2. The molecule has 0 aliphatic carbocycles. The number of nitro benzene ring substituents is 1. The van der Waals surface area contributed by atoms with Gasteiger partial charge in [0.25, 0.3) is 0 Å². The van der Waals surface area contributed by atoms with Crippen LogP contribution in [0.5, 0.6) is 11.5 Å². The van der Waals surface area contributed by atoms with Gasteiger partial charge in [-0.25, -0.2) is 13.6 Å². The lowest BCUT2D eigenvalue weighted by Gasteiger charge is -2.07. The fraction of sp³-hybridized carbons (Fsp3) is 0.0714. The van der Waals surface area contributed by atoms with Crippen molar-refractivity contribution in [3.63, 3.8) is 0 Å². The number of nitro groups is 1. The monoisotopic (exact) mass is 309 g/mol. The SMILES string of the molecule is COc1ccc(OC(=O)c2cccc(F)c2F)c([N+](=O)[O-])c1. The van der Waals surface area contributed by atoms with E-state index in [0.29, 0.717) is 0 Å². The number of esters is 1. The lowest BCUT2D eigenvalue weighted by Crippen LogP contribution is -2.12. The minimum Gasteiger partial charge on any atom is -0.496 e. The van der Waals surface area contributed by atoms with E-state index in [-0.39, 0.29) is 5.75 Å². The van der Waals surface area contributed by atoms with Gasteiger partial charge in [0, 0.05) is 0 Å². The molecular formula is C14H9F2NO5. The van der Waals surface area contributed by atoms with Gasteiger partial charge in [-0.05, 0) is 24.3 Å². The van der Waals surface area contributed by atoms with Gasteiger partial charge < -0.3 is 9.47 Å². The van der Waals surface area contributed by atoms with Crippen molar-refractivity contribution < 1.29 is 28.0 Å². The van der Waals surface area contributed by atoms with Crippen molar-refractivity contribution in [2.45, 2.75) is 0 Å². The molecule has 0 heterocycles. The topological polar surface area (TPSA) is 78.7 Å². The van der Waals surface area contributed by atoms with Gasteiger partial charge >= 0.3 is 11.7 Å². The summed E-state index contributed by atoms with van der Waals surface area (Å²) >= 11 is 0. The quantitative estimate of drug-likeness (QED) is 0.375. The summed E-state index contributed by atoms with van der Waals surface area (Å²) < 4.78 is 36.2. The molecule has 22 heavy (non-hydrogen) atoms. The molecule has 2 aromatic rings. The van der Waals surface area contributed by atoms with Crippen LogP contribution in [0, 0.1) is 21.7 Å². The van der Waals surface area contributed by atoms with Gasteiger partial charge in [0.15, 0.2) is 11.6 Å². The van der Waals surface area contributed by atoms with Gasteiger partial charge in [-0.3, -0.25) is 10.1 Å². The molecule has 0 aliphatic heterocycles. The molecule has 0 radical (unpaired) electrons. The van der Waals surface area contributed by atoms with Crippen molar-refractivity contribution in [1.29, 1.82) is 0 Å². The Hall–Kier alpha value is -3.03. The van der Waals surface area contributed by atoms with E-state index in [4.69, 9.17) is 9.47 Å². The summed E-state index contributed by atoms with van der Waals surface area (Å²) in [5.74, 6) is -4.07. The Labute approximate surface area is 123 Å². The van der Waals surface area contributed by atoms with Gasteiger partial charge in [0.1, 0.15) is 5.75 Å². The van der Waals surface area contributed by atoms with Crippen LogP contribution in [0.1, 0.15) is 10.4 Å². The molecule has 0 atom stereocenters. The summed E-state index contributed by atoms with van der Waals surface area (Å²) in [7, 11) is 1.31. The third kappa shape index (κ3) is 3.00. The van der Waals surface area contributed by atoms with Crippen molar-refractivity contribution in [3.05, 3.63) is 63.7 Å². The second-order valence-corrected chi connectivity index (χ2v) is 4.08. The summed E-state index contributed by atoms with van der Waals surface area (Å²) in [6.07, 6.45) is 0. The third-order valence-corrected chi connectivity index (χ3v) is 2.74. The first-order chi connectivity index (χ1) is 10.4. The fourth-order valence-corrected chi connectivity index (χ4v) is 1.67. The first-order valence-corrected chi connectivity index (χ1v) is 5.92. The number of benzene rings is 2. The summed E-state index contributed by atoms with van der Waals surface area (Å²) in [5.41, 5.74) is -1.20. The highest BCUT2D eigenvalue weighted by Crippen LogP contribution is 2.31. The summed E-state index contributed by atoms with van der Waals surface area (Å²) in [6.45, 7) is 0. The molecule has 2 rings (SSSR count). The van der Waals surface area contributed by atoms with Crippen molar-refractivity contribution >= 4 is 11.7 Å². The molecule has 0 N–H and O–H groups in total. The maximum atomic E-state index is 13.5. The van der Waals surface area contributed by atoms with Crippen molar-refractivity contribution in [2.24, 2.45) is 0 Å². The number of hydrogen-bond acceptors (Lipinski definition) is 5. The predicted octanol–water partition coefficient (Wildman–Crippen LogP) is 3.10. The largest absolute Gasteiger partial charge is 0.496 e. The van der Waals surface area contributed by atoms with Gasteiger partial charge in [-0.15, -0.1) is 0 Å². The number of rotatable bonds is 4. The first kappa shape index (κ1) is 15.4. The second kappa shape index (κ2) is 6.17. The molecular weight excluding hydrogens is 300 g/mol. The Bertz CT molecular complexity index is 748. The molecule has 0 spiro atoms. The van der Waals surface area contributed by atoms with Crippen LogP contribution in [0.2, 0.25) is 0 Å². The van der Waals surface area contributed by atoms with E-state index in [9.17, 15) is 23.7 Å². The predicted molar refractivity (Wildman–Crippen MR) is 71.0 cm³/mol. The van der Waals surface area contributed by atoms with Crippen LogP contribution < -0.4 is 9.47 Å². The number of nitrogens with zero attached hydrogens (tertiary/aromatic N) is 1. The van der Waals surface area contributed by atoms with Gasteiger partial charge in [0.2, 0.25) is 5.75 Å². The average Bonchev–Trinajstić information content (AvgIpc) is 2.50. The maximum Gasteiger partial charge on any atom is 0.346 e. The second-order valence-electron chi connectivity index (χ2n) is 4.08. The van der Waals surface area contributed by atoms with Crippen LogP contribution in [0.15, 0.2) is 36.4 Å². The lowest BCUT2D eigenvalue weighted by atomic mass is 10.2. The third-order valence-electron chi connectivity index (χ3n) is 2.74. The molecule has 6 nitrogen and oxygen atoms in total. The summed E-state index contributed by atoms with van der Waals surface area (Å²) in [4.78, 5) is 22.0. The Kier molecular flexibility index (Phi) is 4.31. The number of ether oxygens (including phenoxy) is 2. The molecule has 0 amide bonds. The van der Waals surface area contributed by atoms with Crippen LogP contribution in [0.3, 0.4) is 0 Å². The number of hydrogen-bond donors (Lipinski definition) is 0. The molecule has 114 valence electrons. The Morgan fingerprint density at radius 1 is 1.23 bits per heavy atom. The number of halogens is 2. The average molecular weight is 309 g/mol. The molecule has 2 aromatic carbocycles. The molecule has 0 aromatic heterocycles. The van der Waals surface area contributed by atoms with Crippen LogP contribution in [-0.2, 0) is 0 Å². The molecule has 0 bridgehead atoms. The smallest absolute Gasteiger partial charge is 0.346 e. The summed E-state index contributed by atoms with van der Waals surface area (Å²) in [5, 5.41) is 11.0. The molecule has 0 unspecified atom stereocenters. The number of methoxy groups -OCH3 is 1. The van der Waals surface area contributed by atoms with E-state index in [0.717, 1.165) is 30.3 Å². The van der Waals surface area contributed by atoms with E-state index < -0.39 is 39.5 Å². The van der Waals surface area contributed by atoms with Crippen LogP contribution in [0.25, 0.3) is 0 Å². The van der Waals surface area contributed by atoms with Crippen LogP contribution in [-0.4, -0.2) is 18.0 Å². The highest BCUT2D eigenvalue weighted by Gasteiger charge is 2.22. The van der Waals surface area contributed by atoms with Crippen molar-refractivity contribution in [2.75, 3.05) is 7.11 Å². The zero-order valence-electron chi connectivity index (χ0n) is 11.2. The van der Waals surface area contributed by atoms with Crippen molar-refractivity contribution in [1.82, 2.24) is 0 Å². The number of carbonyl (C=O) groups excluding carboxylic acids is 1. The Morgan fingerprint density at radius 3 is 2.59 bits per heavy atom. The summed E-state index contributed by atoms with van der Waals surface area (Å²) in [6, 6.07) is 6.48. The Balaban J connectivity index is 2.36. The fourth-order valence-electron chi connectivity index (χ4n) is 1.67. The van der Waals surface area contributed by atoms with Gasteiger partial charge in [0.05, 0.1) is 23.7 Å². The molecule has 0 fully saturated rings. The van der Waals surface area contributed by atoms with Gasteiger partial charge in [-0.2, -0.15) is 0 Å². The minimum absolute atomic E-state index is 0.184. The molecule has 0 saturated carbocycles. The van der Waals surface area contributed by atoms with Crippen LogP contribution >= 0.6 is 0 Å². The van der Waals surface area contributed by atoms with Crippen molar-refractivity contribution in [3.8, 4) is 11.5 Å². The zero-order chi connectivity index (χ0) is 16.3. The minimum atomic E-state index is -1.39. The zero-order valence-corrected chi connectivity index (χ0v) is 11.2. The lowest BCUT2D eigenvalue weighted by molar-refractivity contribution is -0.385. The first-order valence-electron chi connectivity index (χ1n) is 5.92. The highest BCUT2D eigenvalue weighted by molar-refractivity contribution is 5.91. The maximum absolute atomic E-state index is 13.5. The molecule has 8 heteroatoms. The van der Waals surface area contributed by atoms with E-state index in [1.807, 2.05) is 0 Å². The molecule has 0 saturated heterocycles. The van der Waals surface area contributed by atoms with Crippen LogP contribution in [0.4, 0.5) is 14.5 Å². The normalized spacial score (nSPS) is 10.1. The van der Waals surface area contributed by atoms with E-state index >= 15 is 0 Å². The molecule has 0 aliphatic rings. The van der Waals surface area contributed by atoms with E-state index in [1.165, 1.54) is 13.2 Å². The number of carbonyl (C=O) groups is 1. The van der Waals surface area contributed by atoms with E-state index in [2.05, 4.69) is 0 Å². The van der Waals surface area contributed by atoms with Gasteiger partial charge in [-0.1, -0.05) is 6.07 Å².